The molecular formula is C81H112N26O24. The molecule has 2 aliphatic rings. The molecule has 2 aromatic carbocycles. The lowest BCUT2D eigenvalue weighted by Gasteiger charge is -2.45. The molecule has 30 N–H and O–H groups in total. The van der Waals surface area contributed by atoms with Crippen molar-refractivity contribution in [2.75, 3.05) is 72.2 Å². The molecule has 50 nitrogen and oxygen atoms in total. The van der Waals surface area contributed by atoms with Gasteiger partial charge in [0.25, 0.3) is 11.8 Å². The van der Waals surface area contributed by atoms with Gasteiger partial charge in [0, 0.05) is 77.1 Å². The van der Waals surface area contributed by atoms with Gasteiger partial charge in [-0.1, -0.05) is 60.7 Å². The Hall–Kier alpha value is -14.8. The summed E-state index contributed by atoms with van der Waals surface area (Å²) in [4.78, 5) is 259. The van der Waals surface area contributed by atoms with Crippen molar-refractivity contribution in [2.24, 2.45) is 16.6 Å². The number of carbonyl (C=O) groups excluding carboxylic acids is 15. The number of unbranched alkanes of at least 4 members (excludes halogenated alkanes) is 2. The SMILES string of the molecule is N=Nc1ccc(C(=O)NC(CCCCNC(=O)c2cccnc2)C(=O)NC(CCC(=O)NCC(C(=O)O)N(C[C@@H]2NC(=O)[C@H](Cc3ccccc3)NC(=O)[C@H](CC(=O)O)NC(=O)CNC(=O)[C@H](CCCNC(=N)N)NC2=O)C(CO)(CO)CO)C(=O)NCCCC[C@@H]2NC(=O)[C@H](Cc3ccccc3)NC(=O)[C@H](CC(=O)O)NC(=O)CNC(=O)[C@H](CCCNC(=N)N)NC2=O)cn1. The Bertz CT molecular complexity index is 4650. The molecule has 15 amide bonds. The number of hydrogen-bond donors (Lipinski definition) is 28. The number of nitrogens with two attached hydrogens (primary N) is 2. The van der Waals surface area contributed by atoms with Crippen molar-refractivity contribution in [2.45, 2.75) is 175 Å². The molecule has 2 aliphatic heterocycles. The number of amides is 15. The lowest BCUT2D eigenvalue weighted by atomic mass is 9.95. The second-order valence-corrected chi connectivity index (χ2v) is 30.5. The normalized spacial score (nSPS) is 19.2. The smallest absolute Gasteiger partial charge is 0.322 e. The lowest BCUT2D eigenvalue weighted by Crippen LogP contribution is -2.69. The molecule has 11 atom stereocenters. The minimum Gasteiger partial charge on any atom is -0.481 e. The number of carboxylic acid groups (broad SMARTS) is 3. The van der Waals surface area contributed by atoms with Gasteiger partial charge in [0.05, 0.1) is 62.4 Å². The van der Waals surface area contributed by atoms with Gasteiger partial charge in [-0.05, 0) is 106 Å². The molecule has 3 unspecified atom stereocenters. The minimum atomic E-state index is -2.56. The van der Waals surface area contributed by atoms with Crippen LogP contribution < -0.4 is 102 Å². The number of nitrogens with one attached hydrogen (secondary N) is 20. The van der Waals surface area contributed by atoms with Crippen LogP contribution in [-0.2, 0) is 89.6 Å². The number of carboxylic acids is 3. The van der Waals surface area contributed by atoms with Crippen molar-refractivity contribution >= 4 is 124 Å². The second-order valence-electron chi connectivity index (χ2n) is 30.5. The van der Waals surface area contributed by atoms with Crippen molar-refractivity contribution < 1.29 is 117 Å². The monoisotopic (exact) mass is 1830 g/mol. The topological polar surface area (TPSA) is 798 Å². The van der Waals surface area contributed by atoms with E-state index in [9.17, 15) is 112 Å². The zero-order chi connectivity index (χ0) is 96.1. The van der Waals surface area contributed by atoms with E-state index < -0.39 is 269 Å². The van der Waals surface area contributed by atoms with Crippen LogP contribution >= 0.6 is 0 Å². The van der Waals surface area contributed by atoms with Crippen molar-refractivity contribution in [1.29, 1.82) is 16.3 Å². The van der Waals surface area contributed by atoms with Crippen LogP contribution in [0.5, 0.6) is 0 Å². The second kappa shape index (κ2) is 54.4. The Morgan fingerprint density at radius 3 is 1.40 bits per heavy atom. The quantitative estimate of drug-likeness (QED) is 0.00846. The molecule has 2 saturated heterocycles. The third-order valence-corrected chi connectivity index (χ3v) is 20.7. The van der Waals surface area contributed by atoms with E-state index in [4.69, 9.17) is 27.8 Å². The molecule has 4 aromatic rings. The van der Waals surface area contributed by atoms with Gasteiger partial charge in [0.1, 0.15) is 66.5 Å². The van der Waals surface area contributed by atoms with Crippen LogP contribution in [-0.4, -0.2) is 308 Å². The average molecular weight is 1830 g/mol. The molecule has 4 heterocycles. The van der Waals surface area contributed by atoms with Gasteiger partial charge in [-0.3, -0.25) is 107 Å². The summed E-state index contributed by atoms with van der Waals surface area (Å²) in [5.41, 5.74) is 16.6. The molecule has 2 aromatic heterocycles. The molecule has 50 heteroatoms. The van der Waals surface area contributed by atoms with E-state index in [1.165, 1.54) is 42.7 Å². The summed E-state index contributed by atoms with van der Waals surface area (Å²) in [5, 5.41) is 125. The Morgan fingerprint density at radius 1 is 0.473 bits per heavy atom. The highest BCUT2D eigenvalue weighted by atomic mass is 16.4. The Kier molecular flexibility index (Phi) is 43.6. The number of hydrogen-bond acceptors (Lipinski definition) is 28. The number of aliphatic hydroxyl groups excluding tert-OH is 3. The predicted molar refractivity (Wildman–Crippen MR) is 458 cm³/mol. The van der Waals surface area contributed by atoms with E-state index in [1.54, 1.807) is 54.6 Å². The highest BCUT2D eigenvalue weighted by molar-refractivity contribution is 6.02. The summed E-state index contributed by atoms with van der Waals surface area (Å²) in [6.07, 6.45) is -1.36. The average Bonchev–Trinajstić information content (AvgIpc) is 1.14. The number of nitrogens with zero attached hydrogens (tertiary/aromatic N) is 4. The highest BCUT2D eigenvalue weighted by Crippen LogP contribution is 2.22. The van der Waals surface area contributed by atoms with Crippen LogP contribution in [0.2, 0.25) is 0 Å². The van der Waals surface area contributed by atoms with E-state index >= 15 is 4.79 Å². The Morgan fingerprint density at radius 2 is 0.924 bits per heavy atom. The molecule has 0 saturated carbocycles. The zero-order valence-corrected chi connectivity index (χ0v) is 71.2. The number of pyridine rings is 2. The van der Waals surface area contributed by atoms with Gasteiger partial charge in [-0.25, -0.2) is 10.5 Å². The molecule has 0 spiro atoms. The first-order valence-corrected chi connectivity index (χ1v) is 41.7. The minimum absolute atomic E-state index is 0.0137. The van der Waals surface area contributed by atoms with Gasteiger partial charge in [0.2, 0.25) is 76.8 Å². The van der Waals surface area contributed by atoms with E-state index in [0.717, 1.165) is 6.20 Å². The van der Waals surface area contributed by atoms with Crippen molar-refractivity contribution in [3.63, 3.8) is 0 Å². The van der Waals surface area contributed by atoms with Crippen LogP contribution in [0.15, 0.2) is 109 Å². The van der Waals surface area contributed by atoms with Crippen LogP contribution in [0, 0.1) is 16.3 Å². The summed E-state index contributed by atoms with van der Waals surface area (Å²) in [6, 6.07) is 1.69. The number of benzene rings is 2. The molecular weight excluding hydrogens is 1720 g/mol. The first-order chi connectivity index (χ1) is 62.5. The van der Waals surface area contributed by atoms with Crippen LogP contribution in [0.4, 0.5) is 5.82 Å². The third-order valence-electron chi connectivity index (χ3n) is 20.7. The summed E-state index contributed by atoms with van der Waals surface area (Å²) >= 11 is 0. The predicted octanol–water partition coefficient (Wildman–Crippen LogP) is -7.92. The number of aliphatic carboxylic acids is 3. The lowest BCUT2D eigenvalue weighted by molar-refractivity contribution is -0.152. The van der Waals surface area contributed by atoms with Crippen LogP contribution in [0.3, 0.4) is 0 Å². The molecule has 710 valence electrons. The number of rotatable bonds is 46. The zero-order valence-electron chi connectivity index (χ0n) is 71.2. The van der Waals surface area contributed by atoms with E-state index in [0.29, 0.717) is 16.0 Å². The first-order valence-electron chi connectivity index (χ1n) is 41.7. The number of aromatic nitrogens is 2. The Labute approximate surface area is 749 Å². The van der Waals surface area contributed by atoms with E-state index in [1.807, 2.05) is 0 Å². The standard InChI is InChI=1S/C81H112N26O24/c82-79(83)90-30-12-21-49-69(121)94-39-62(112)96-56(34-64(114)115)75(127)103-54(32-45-14-3-1-4-15-45)73(125)101-52(72(124)99-49)20-8-10-29-89-68(120)53(102-71(123)51(98-67(119)48-23-25-60(106-86)92-37-48)19-7-9-28-88-66(118)47-18-11-27-87-36-47)24-26-61(111)93-38-59(78(130)131)107(81(42-108,43-109)44-110)41-58-77(129)100-50(22-13-31-91-80(84)85)70(122)95-40-63(113)97-57(35-65(116)117)76(128)104-55(74(126)105-58)33-46-16-5-2-6-17-46/h1-6,11,14-18,23,25,27,36-37,49-59,86,108-110H,7-10,12-13,19-22,24,26,28-35,38-44H2,(H,88,118)(H,89,120)(H,93,111)(H,94,121)(H,95,122)(H,96,112)(H,97,113)(H,98,119)(H,99,124)(H,100,129)(H,101,125)(H,102,123)(H,103,127)(H,104,128)(H,105,126)(H,114,115)(H,116,117)(H,130,131)(H4,82,83,90)(H4,84,85,91)/t49-,50-,51?,52-,53?,54-,55-,56-,57-,58-,59?/m0/s1. The maximum atomic E-state index is 15.1. The highest BCUT2D eigenvalue weighted by Gasteiger charge is 2.46. The van der Waals surface area contributed by atoms with Gasteiger partial charge in [-0.15, -0.1) is 5.11 Å². The van der Waals surface area contributed by atoms with Crippen molar-refractivity contribution in [1.82, 2.24) is 105 Å². The molecule has 2 fully saturated rings. The van der Waals surface area contributed by atoms with Gasteiger partial charge < -0.3 is 132 Å². The van der Waals surface area contributed by atoms with Crippen LogP contribution in [0.1, 0.15) is 122 Å². The fraction of sp³-hybridized carbons (Fsp3) is 0.481. The van der Waals surface area contributed by atoms with Gasteiger partial charge >= 0.3 is 17.9 Å². The first kappa shape index (κ1) is 105. The summed E-state index contributed by atoms with van der Waals surface area (Å²) < 4.78 is 0. The number of carbonyl (C=O) groups is 18. The van der Waals surface area contributed by atoms with Crippen LogP contribution in [0.25, 0.3) is 0 Å². The molecule has 0 radical (unpaired) electrons. The summed E-state index contributed by atoms with van der Waals surface area (Å²) in [6.45, 7) is -8.53. The van der Waals surface area contributed by atoms with Gasteiger partial charge in [0.15, 0.2) is 17.7 Å². The van der Waals surface area contributed by atoms with Crippen molar-refractivity contribution in [3.05, 3.63) is 126 Å². The third kappa shape index (κ3) is 36.1. The fourth-order valence-corrected chi connectivity index (χ4v) is 13.5. The molecule has 0 bridgehead atoms. The molecule has 0 aliphatic carbocycles. The number of guanidine groups is 2. The van der Waals surface area contributed by atoms with E-state index in [2.05, 4.69) is 105 Å². The molecule has 6 rings (SSSR count). The molecule has 131 heavy (non-hydrogen) atoms. The number of aliphatic hydroxyl groups is 3. The van der Waals surface area contributed by atoms with E-state index in [-0.39, 0.29) is 114 Å². The maximum absolute atomic E-state index is 15.1. The Balaban J connectivity index is 1.36. The summed E-state index contributed by atoms with van der Waals surface area (Å²) in [5.74, 6) is -21.8. The summed E-state index contributed by atoms with van der Waals surface area (Å²) in [7, 11) is 0. The maximum Gasteiger partial charge on any atom is 0.322 e. The van der Waals surface area contributed by atoms with Crippen molar-refractivity contribution in [3.8, 4) is 0 Å². The fourth-order valence-electron chi connectivity index (χ4n) is 13.5. The van der Waals surface area contributed by atoms with Gasteiger partial charge in [-0.2, -0.15) is 0 Å². The largest absolute Gasteiger partial charge is 0.481 e.